The molecule has 1 fully saturated rings. The van der Waals surface area contributed by atoms with E-state index in [1.54, 1.807) is 0 Å². The number of rotatable bonds is 3. The van der Waals surface area contributed by atoms with Gasteiger partial charge in [-0.25, -0.2) is 4.98 Å². The van der Waals surface area contributed by atoms with E-state index >= 15 is 0 Å². The minimum atomic E-state index is 0.345. The molecule has 3 heterocycles. The van der Waals surface area contributed by atoms with Crippen LogP contribution in [0.5, 0.6) is 0 Å². The van der Waals surface area contributed by atoms with Crippen molar-refractivity contribution in [3.63, 3.8) is 0 Å². The molecule has 0 aliphatic carbocycles. The van der Waals surface area contributed by atoms with Gasteiger partial charge in [0.05, 0.1) is 5.69 Å². The molecular weight excluding hydrogens is 322 g/mol. The normalized spacial score (nSPS) is 18.0. The van der Waals surface area contributed by atoms with E-state index in [9.17, 15) is 0 Å². The van der Waals surface area contributed by atoms with E-state index in [1.807, 2.05) is 0 Å². The third-order valence-electron chi connectivity index (χ3n) is 5.45. The first kappa shape index (κ1) is 16.9. The minimum absolute atomic E-state index is 0.345. The number of hydrogen-bond acceptors (Lipinski definition) is 4. The first-order chi connectivity index (χ1) is 12.5. The highest BCUT2D eigenvalue weighted by Gasteiger charge is 2.25. The molecule has 1 aliphatic heterocycles. The van der Waals surface area contributed by atoms with Crippen molar-refractivity contribution in [1.82, 2.24) is 14.5 Å². The fourth-order valence-electron chi connectivity index (χ4n) is 4.07. The zero-order valence-electron chi connectivity index (χ0n) is 15.8. The molecule has 3 aromatic rings. The molecule has 0 spiro atoms. The van der Waals surface area contributed by atoms with Crippen molar-refractivity contribution in [1.29, 1.82) is 0 Å². The van der Waals surface area contributed by atoms with E-state index in [0.717, 1.165) is 31.0 Å². The van der Waals surface area contributed by atoms with Gasteiger partial charge < -0.3 is 15.2 Å². The van der Waals surface area contributed by atoms with Crippen LogP contribution in [0.2, 0.25) is 0 Å². The molecule has 5 heteroatoms. The Morgan fingerprint density at radius 3 is 2.81 bits per heavy atom. The van der Waals surface area contributed by atoms with Gasteiger partial charge in [-0.3, -0.25) is 0 Å². The predicted octanol–water partition coefficient (Wildman–Crippen LogP) is 4.06. The molecule has 1 saturated heterocycles. The second kappa shape index (κ2) is 6.63. The number of fused-ring (bicyclic) bond motifs is 1. The molecular formula is C21H27N5. The van der Waals surface area contributed by atoms with Gasteiger partial charge in [-0.05, 0) is 30.4 Å². The first-order valence-electron chi connectivity index (χ1n) is 9.46. The number of nitrogens with two attached hydrogens (primary N) is 1. The van der Waals surface area contributed by atoms with Crippen molar-refractivity contribution >= 4 is 22.7 Å². The number of benzene rings is 1. The number of nitrogens with zero attached hydrogens (tertiary/aromatic N) is 4. The van der Waals surface area contributed by atoms with Crippen LogP contribution >= 0.6 is 0 Å². The summed E-state index contributed by atoms with van der Waals surface area (Å²) in [7, 11) is 2.13. The number of aryl methyl sites for hydroxylation is 1. The molecule has 1 atom stereocenters. The van der Waals surface area contributed by atoms with E-state index in [1.165, 1.54) is 22.9 Å². The average Bonchev–Trinajstić information content (AvgIpc) is 2.98. The van der Waals surface area contributed by atoms with E-state index in [-0.39, 0.29) is 0 Å². The Bertz CT molecular complexity index is 927. The maximum Gasteiger partial charge on any atom is 0.222 e. The molecule has 1 aliphatic rings. The van der Waals surface area contributed by atoms with Crippen LogP contribution in [-0.2, 0) is 7.05 Å². The summed E-state index contributed by atoms with van der Waals surface area (Å²) in [6.45, 7) is 6.28. The van der Waals surface area contributed by atoms with Crippen molar-refractivity contribution in [3.05, 3.63) is 47.8 Å². The lowest BCUT2D eigenvalue weighted by Crippen LogP contribution is -2.35. The Hall–Kier alpha value is -2.56. The Morgan fingerprint density at radius 2 is 2.00 bits per heavy atom. The Balaban J connectivity index is 1.66. The van der Waals surface area contributed by atoms with Crippen LogP contribution in [0.1, 0.15) is 49.8 Å². The SMILES string of the molecule is CC(C)c1cc(N2CCCC(c3cn(C)c4ccccc34)C2)nc(N)n1. The fraction of sp³-hybridized carbons (Fsp3) is 0.429. The molecule has 1 aromatic carbocycles. The largest absolute Gasteiger partial charge is 0.368 e. The topological polar surface area (TPSA) is 60.0 Å². The molecule has 1 unspecified atom stereocenters. The maximum absolute atomic E-state index is 5.98. The molecule has 2 N–H and O–H groups in total. The maximum atomic E-state index is 5.98. The molecule has 0 radical (unpaired) electrons. The molecule has 0 bridgehead atoms. The van der Waals surface area contributed by atoms with Gasteiger partial charge in [0, 0.05) is 49.2 Å². The van der Waals surface area contributed by atoms with Crippen LogP contribution in [0.3, 0.4) is 0 Å². The highest BCUT2D eigenvalue weighted by Crippen LogP contribution is 2.34. The van der Waals surface area contributed by atoms with Gasteiger partial charge in [-0.1, -0.05) is 32.0 Å². The molecule has 0 amide bonds. The second-order valence-electron chi connectivity index (χ2n) is 7.66. The zero-order chi connectivity index (χ0) is 18.3. The minimum Gasteiger partial charge on any atom is -0.368 e. The van der Waals surface area contributed by atoms with Crippen molar-refractivity contribution < 1.29 is 0 Å². The molecule has 26 heavy (non-hydrogen) atoms. The van der Waals surface area contributed by atoms with Crippen LogP contribution in [-0.4, -0.2) is 27.6 Å². The van der Waals surface area contributed by atoms with Crippen LogP contribution in [0.15, 0.2) is 36.5 Å². The van der Waals surface area contributed by atoms with Crippen molar-refractivity contribution in [3.8, 4) is 0 Å². The number of anilines is 2. The van der Waals surface area contributed by atoms with E-state index in [2.05, 4.69) is 76.9 Å². The quantitative estimate of drug-likeness (QED) is 0.775. The van der Waals surface area contributed by atoms with Gasteiger partial charge in [0.25, 0.3) is 0 Å². The van der Waals surface area contributed by atoms with Gasteiger partial charge in [-0.15, -0.1) is 0 Å². The Labute approximate surface area is 154 Å². The Morgan fingerprint density at radius 1 is 1.19 bits per heavy atom. The third kappa shape index (κ3) is 3.02. The number of piperidine rings is 1. The number of aromatic nitrogens is 3. The lowest BCUT2D eigenvalue weighted by atomic mass is 9.90. The zero-order valence-corrected chi connectivity index (χ0v) is 15.8. The van der Waals surface area contributed by atoms with Crippen molar-refractivity contribution in [2.45, 2.75) is 38.5 Å². The number of hydrogen-bond donors (Lipinski definition) is 1. The van der Waals surface area contributed by atoms with E-state index in [4.69, 9.17) is 5.73 Å². The molecule has 0 saturated carbocycles. The summed E-state index contributed by atoms with van der Waals surface area (Å²) in [6, 6.07) is 10.8. The monoisotopic (exact) mass is 349 g/mol. The average molecular weight is 349 g/mol. The van der Waals surface area contributed by atoms with Crippen LogP contribution in [0.4, 0.5) is 11.8 Å². The lowest BCUT2D eigenvalue weighted by Gasteiger charge is -2.34. The predicted molar refractivity (Wildman–Crippen MR) is 108 cm³/mol. The molecule has 5 nitrogen and oxygen atoms in total. The highest BCUT2D eigenvalue weighted by atomic mass is 15.2. The number of nitrogen functional groups attached to an aromatic ring is 1. The molecule has 2 aromatic heterocycles. The lowest BCUT2D eigenvalue weighted by molar-refractivity contribution is 0.508. The van der Waals surface area contributed by atoms with Crippen LogP contribution in [0, 0.1) is 0 Å². The van der Waals surface area contributed by atoms with Gasteiger partial charge in [0.2, 0.25) is 5.95 Å². The summed E-state index contributed by atoms with van der Waals surface area (Å²) in [5.74, 6) is 2.19. The van der Waals surface area contributed by atoms with Crippen molar-refractivity contribution in [2.24, 2.45) is 7.05 Å². The summed E-state index contributed by atoms with van der Waals surface area (Å²) in [6.07, 6.45) is 4.67. The van der Waals surface area contributed by atoms with Gasteiger partial charge >= 0.3 is 0 Å². The summed E-state index contributed by atoms with van der Waals surface area (Å²) >= 11 is 0. The van der Waals surface area contributed by atoms with Gasteiger partial charge in [-0.2, -0.15) is 4.98 Å². The Kier molecular flexibility index (Phi) is 4.31. The van der Waals surface area contributed by atoms with Gasteiger partial charge in [0.15, 0.2) is 0 Å². The summed E-state index contributed by atoms with van der Waals surface area (Å²) < 4.78 is 2.24. The van der Waals surface area contributed by atoms with Crippen LogP contribution < -0.4 is 10.6 Å². The summed E-state index contributed by atoms with van der Waals surface area (Å²) in [5, 5.41) is 1.37. The second-order valence-corrected chi connectivity index (χ2v) is 7.66. The van der Waals surface area contributed by atoms with E-state index in [0.29, 0.717) is 17.8 Å². The van der Waals surface area contributed by atoms with Gasteiger partial charge in [0.1, 0.15) is 5.82 Å². The standard InChI is InChI=1S/C21H27N5/c1-14(2)18-11-20(24-21(22)23-18)26-10-6-7-15(12-26)17-13-25(3)19-9-5-4-8-16(17)19/h4-5,8-9,11,13-15H,6-7,10,12H2,1-3H3,(H2,22,23,24). The van der Waals surface area contributed by atoms with E-state index < -0.39 is 0 Å². The third-order valence-corrected chi connectivity index (χ3v) is 5.45. The molecule has 136 valence electrons. The number of para-hydroxylation sites is 1. The summed E-state index contributed by atoms with van der Waals surface area (Å²) in [5.41, 5.74) is 9.73. The van der Waals surface area contributed by atoms with Crippen LogP contribution in [0.25, 0.3) is 10.9 Å². The fourth-order valence-corrected chi connectivity index (χ4v) is 4.07. The highest BCUT2D eigenvalue weighted by molar-refractivity contribution is 5.84. The first-order valence-corrected chi connectivity index (χ1v) is 9.46. The smallest absolute Gasteiger partial charge is 0.222 e. The summed E-state index contributed by atoms with van der Waals surface area (Å²) in [4.78, 5) is 11.3. The molecule has 4 rings (SSSR count). The van der Waals surface area contributed by atoms with Crippen molar-refractivity contribution in [2.75, 3.05) is 23.7 Å².